The minimum Gasteiger partial charge on any atom is -0.296 e. The van der Waals surface area contributed by atoms with Gasteiger partial charge in [0, 0.05) is 0 Å². The van der Waals surface area contributed by atoms with E-state index in [9.17, 15) is 0 Å². The van der Waals surface area contributed by atoms with Crippen LogP contribution in [0, 0.1) is 0 Å². The smallest absolute Gasteiger partial charge is 0.296 e. The molecule has 0 nitrogen and oxygen atoms in total. The Bertz CT molecular complexity index is 263. The monoisotopic (exact) mass is 236 g/mol. The summed E-state index contributed by atoms with van der Waals surface area (Å²) in [4.78, 5) is 0. The first kappa shape index (κ1) is 10.5. The Morgan fingerprint density at radius 1 is 1.17 bits per heavy atom. The predicted octanol–water partition coefficient (Wildman–Crippen LogP) is 2.62. The summed E-state index contributed by atoms with van der Waals surface area (Å²) in [6.07, 6.45) is 0. The van der Waals surface area contributed by atoms with Crippen LogP contribution < -0.4 is 3.69 Å². The van der Waals surface area contributed by atoms with Crippen LogP contribution in [0.4, 0.5) is 0 Å². The van der Waals surface area contributed by atoms with Crippen LogP contribution in [-0.2, 0) is 5.41 Å². The number of hydrogen-bond donors (Lipinski definition) is 0. The molecule has 0 bridgehead atoms. The molecule has 0 aliphatic carbocycles. The topological polar surface area (TPSA) is 0 Å². The molecule has 0 aliphatic rings. The van der Waals surface area contributed by atoms with Crippen molar-refractivity contribution >= 4 is 34.8 Å². The SMILES string of the molecule is CC(C)(C)c1cccc[c]1[Mg][Br]. The van der Waals surface area contributed by atoms with Crippen LogP contribution in [0.3, 0.4) is 0 Å². The molecule has 0 aromatic heterocycles. The highest BCUT2D eigenvalue weighted by Gasteiger charge is 2.16. The van der Waals surface area contributed by atoms with Crippen molar-refractivity contribution in [2.24, 2.45) is 0 Å². The highest BCUT2D eigenvalue weighted by Crippen LogP contribution is 2.19. The number of rotatable bonds is 1. The van der Waals surface area contributed by atoms with E-state index in [4.69, 9.17) is 0 Å². The average molecular weight is 237 g/mol. The van der Waals surface area contributed by atoms with E-state index in [0.29, 0.717) is 0 Å². The Labute approximate surface area is 90.3 Å². The maximum Gasteiger partial charge on any atom is 0.507 e. The summed E-state index contributed by atoms with van der Waals surface area (Å²) in [7, 11) is 0. The van der Waals surface area contributed by atoms with Gasteiger partial charge in [-0.25, -0.2) is 0 Å². The molecule has 1 aromatic rings. The zero-order valence-corrected chi connectivity index (χ0v) is 10.9. The van der Waals surface area contributed by atoms with E-state index >= 15 is 0 Å². The highest BCUT2D eigenvalue weighted by atomic mass is 79.9. The second-order valence-electron chi connectivity index (χ2n) is 4.04. The van der Waals surface area contributed by atoms with Crippen molar-refractivity contribution in [3.63, 3.8) is 0 Å². The molecule has 0 amide bonds. The van der Waals surface area contributed by atoms with E-state index in [-0.39, 0.29) is 23.6 Å². The van der Waals surface area contributed by atoms with Gasteiger partial charge in [0.2, 0.25) is 0 Å². The van der Waals surface area contributed by atoms with Gasteiger partial charge < -0.3 is 0 Å². The predicted molar refractivity (Wildman–Crippen MR) is 59.5 cm³/mol. The minimum atomic E-state index is -0.205. The molecule has 0 spiro atoms. The fourth-order valence-electron chi connectivity index (χ4n) is 1.37. The zero-order chi connectivity index (χ0) is 9.19. The van der Waals surface area contributed by atoms with Crippen LogP contribution in [-0.4, -0.2) is 18.2 Å². The Hall–Kier alpha value is 0.466. The summed E-state index contributed by atoms with van der Waals surface area (Å²) in [5.41, 5.74) is 1.78. The van der Waals surface area contributed by atoms with Crippen molar-refractivity contribution in [3.8, 4) is 0 Å². The summed E-state index contributed by atoms with van der Waals surface area (Å²) in [5.74, 6) is 0. The van der Waals surface area contributed by atoms with E-state index in [1.165, 1.54) is 9.26 Å². The van der Waals surface area contributed by atoms with Crippen LogP contribution in [0.15, 0.2) is 24.3 Å². The van der Waals surface area contributed by atoms with Gasteiger partial charge in [0.1, 0.15) is 0 Å². The van der Waals surface area contributed by atoms with Crippen LogP contribution in [0.25, 0.3) is 0 Å². The van der Waals surface area contributed by atoms with Crippen molar-refractivity contribution in [3.05, 3.63) is 29.8 Å². The molecule has 2 heteroatoms. The fraction of sp³-hybridized carbons (Fsp3) is 0.400. The van der Waals surface area contributed by atoms with Gasteiger partial charge in [-0.1, -0.05) is 50.6 Å². The molecule has 0 aliphatic heterocycles. The van der Waals surface area contributed by atoms with Crippen LogP contribution in [0.5, 0.6) is 0 Å². The van der Waals surface area contributed by atoms with Gasteiger partial charge in [-0.3, -0.25) is 12.9 Å². The third-order valence-electron chi connectivity index (χ3n) is 1.97. The van der Waals surface area contributed by atoms with E-state index in [0.717, 1.165) is 0 Å². The molecule has 62 valence electrons. The molecule has 1 rings (SSSR count). The number of hydrogen-bond acceptors (Lipinski definition) is 0. The number of halogens is 1. The minimum absolute atomic E-state index is 0.205. The van der Waals surface area contributed by atoms with Gasteiger partial charge in [-0.05, 0) is 5.41 Å². The standard InChI is InChI=1S/C10H13.BrH.Mg/c1-10(2,3)9-7-5-4-6-8-9;;/h4-7H,1-3H3;1H;/q;;+1/p-1. The van der Waals surface area contributed by atoms with E-state index in [2.05, 4.69) is 57.9 Å². The molecule has 0 fully saturated rings. The molecule has 0 unspecified atom stereocenters. The molecule has 0 saturated carbocycles. The van der Waals surface area contributed by atoms with Crippen molar-refractivity contribution in [1.29, 1.82) is 0 Å². The molecule has 0 heterocycles. The van der Waals surface area contributed by atoms with Crippen molar-refractivity contribution in [2.75, 3.05) is 0 Å². The molecular formula is C10H13BrMg. The number of benzene rings is 1. The second kappa shape index (κ2) is 4.12. The molecule has 0 atom stereocenters. The maximum absolute atomic E-state index is 3.64. The first-order chi connectivity index (χ1) is 5.55. The van der Waals surface area contributed by atoms with Gasteiger partial charge >= 0.3 is 18.2 Å². The summed E-state index contributed by atoms with van der Waals surface area (Å²) in [6, 6.07) is 8.73. The normalized spacial score (nSPS) is 11.0. The molecule has 0 radical (unpaired) electrons. The third kappa shape index (κ3) is 2.48. The van der Waals surface area contributed by atoms with Gasteiger partial charge in [0.05, 0.1) is 0 Å². The zero-order valence-electron chi connectivity index (χ0n) is 7.89. The average Bonchev–Trinajstić information content (AvgIpc) is 2.03. The Balaban J connectivity index is 3.14. The maximum atomic E-state index is 3.64. The second-order valence-corrected chi connectivity index (χ2v) is 6.75. The molecule has 0 saturated heterocycles. The lowest BCUT2D eigenvalue weighted by Gasteiger charge is -2.22. The van der Waals surface area contributed by atoms with Crippen molar-refractivity contribution in [1.82, 2.24) is 0 Å². The van der Waals surface area contributed by atoms with Gasteiger partial charge in [-0.15, -0.1) is 3.69 Å². The van der Waals surface area contributed by atoms with Crippen molar-refractivity contribution < 1.29 is 0 Å². The van der Waals surface area contributed by atoms with Crippen LogP contribution in [0.2, 0.25) is 0 Å². The highest BCUT2D eigenvalue weighted by molar-refractivity contribution is 9.23. The van der Waals surface area contributed by atoms with E-state index < -0.39 is 0 Å². The van der Waals surface area contributed by atoms with Crippen molar-refractivity contribution in [2.45, 2.75) is 26.2 Å². The summed E-state index contributed by atoms with van der Waals surface area (Å²) < 4.78 is 1.53. The first-order valence-corrected chi connectivity index (χ1v) is 8.80. The lowest BCUT2D eigenvalue weighted by molar-refractivity contribution is 0.594. The Morgan fingerprint density at radius 2 is 1.75 bits per heavy atom. The lowest BCUT2D eigenvalue weighted by Crippen LogP contribution is -2.24. The molecular weight excluding hydrogens is 224 g/mol. The van der Waals surface area contributed by atoms with Gasteiger partial charge in [-0.2, -0.15) is 0 Å². The lowest BCUT2D eigenvalue weighted by atomic mass is 9.87. The quantitative estimate of drug-likeness (QED) is 0.659. The van der Waals surface area contributed by atoms with E-state index in [1.54, 1.807) is 0 Å². The summed E-state index contributed by atoms with van der Waals surface area (Å²) in [5, 5.41) is 0. The van der Waals surface area contributed by atoms with Crippen LogP contribution >= 0.6 is 12.9 Å². The largest absolute Gasteiger partial charge is 0.507 e. The Morgan fingerprint density at radius 3 is 2.17 bits per heavy atom. The molecule has 0 N–H and O–H groups in total. The summed E-state index contributed by atoms with van der Waals surface area (Å²) in [6.45, 7) is 6.80. The first-order valence-electron chi connectivity index (χ1n) is 4.20. The van der Waals surface area contributed by atoms with Gasteiger partial charge in [0.15, 0.2) is 0 Å². The fourth-order valence-corrected chi connectivity index (χ4v) is 3.85. The Kier molecular flexibility index (Phi) is 3.62. The summed E-state index contributed by atoms with van der Waals surface area (Å²) >= 11 is 3.43. The molecule has 12 heavy (non-hydrogen) atoms. The molecule has 1 aromatic carbocycles. The van der Waals surface area contributed by atoms with Gasteiger partial charge in [0.25, 0.3) is 0 Å². The van der Waals surface area contributed by atoms with E-state index in [1.807, 2.05) is 0 Å². The van der Waals surface area contributed by atoms with Crippen LogP contribution in [0.1, 0.15) is 26.3 Å². The third-order valence-corrected chi connectivity index (χ3v) is 4.69.